The van der Waals surface area contributed by atoms with Crippen LogP contribution in [0.3, 0.4) is 0 Å². The minimum absolute atomic E-state index is 0.000902. The molecule has 2 amide bonds. The summed E-state index contributed by atoms with van der Waals surface area (Å²) in [6, 6.07) is 7.14. The van der Waals surface area contributed by atoms with E-state index < -0.39 is 5.97 Å². The maximum atomic E-state index is 12.0. The van der Waals surface area contributed by atoms with E-state index in [0.29, 0.717) is 18.0 Å². The highest BCUT2D eigenvalue weighted by molar-refractivity contribution is 5.98. The molecule has 0 aromatic heterocycles. The van der Waals surface area contributed by atoms with Crippen LogP contribution >= 0.6 is 0 Å². The van der Waals surface area contributed by atoms with Crippen LogP contribution in [-0.2, 0) is 23.9 Å². The maximum Gasteiger partial charge on any atom is 0.308 e. The van der Waals surface area contributed by atoms with Gasteiger partial charge in [-0.15, -0.1) is 0 Å². The lowest BCUT2D eigenvalue weighted by Gasteiger charge is -2.28. The molecule has 1 N–H and O–H groups in total. The molecule has 3 rings (SSSR count). The number of rotatable bonds is 7. The first-order valence-electron chi connectivity index (χ1n) is 8.69. The van der Waals surface area contributed by atoms with Gasteiger partial charge in [0.25, 0.3) is 11.8 Å². The summed E-state index contributed by atoms with van der Waals surface area (Å²) in [6.45, 7) is 0.931. The molecule has 8 nitrogen and oxygen atoms in total. The Kier molecular flexibility index (Phi) is 6.06. The highest BCUT2D eigenvalue weighted by Crippen LogP contribution is 2.31. The lowest BCUT2D eigenvalue weighted by atomic mass is 10.2. The summed E-state index contributed by atoms with van der Waals surface area (Å²) in [5, 5.41) is 2.68. The molecule has 1 aromatic rings. The van der Waals surface area contributed by atoms with Gasteiger partial charge < -0.3 is 24.4 Å². The van der Waals surface area contributed by atoms with Crippen LogP contribution in [0.5, 0.6) is 5.75 Å². The largest absolute Gasteiger partial charge is 0.482 e. The predicted octanol–water partition coefficient (Wildman–Crippen LogP) is 0.640. The van der Waals surface area contributed by atoms with Crippen molar-refractivity contribution in [2.24, 2.45) is 0 Å². The summed E-state index contributed by atoms with van der Waals surface area (Å²) in [7, 11) is 0. The number of nitrogens with one attached hydrogen (secondary N) is 1. The molecular formula is C18H22N2O6. The van der Waals surface area contributed by atoms with Gasteiger partial charge in [-0.05, 0) is 25.0 Å². The molecule has 8 heteroatoms. The van der Waals surface area contributed by atoms with Crippen molar-refractivity contribution in [1.82, 2.24) is 5.32 Å². The van der Waals surface area contributed by atoms with E-state index in [1.807, 2.05) is 6.07 Å². The first kappa shape index (κ1) is 18.2. The molecule has 2 heterocycles. The van der Waals surface area contributed by atoms with Gasteiger partial charge in [0.2, 0.25) is 0 Å². The number of benzene rings is 1. The van der Waals surface area contributed by atoms with E-state index in [9.17, 15) is 14.4 Å². The van der Waals surface area contributed by atoms with Crippen molar-refractivity contribution in [1.29, 1.82) is 0 Å². The molecule has 26 heavy (non-hydrogen) atoms. The standard InChI is InChI=1S/C18H22N2O6/c21-16(19-10-13-4-3-9-24-13)11-26-18(23)7-8-20-14-5-1-2-6-15(14)25-12-17(20)22/h1-2,5-6,13H,3-4,7-12H2,(H,19,21)/t13-/m0/s1. The molecular weight excluding hydrogens is 340 g/mol. The van der Waals surface area contributed by atoms with Gasteiger partial charge in [-0.3, -0.25) is 14.4 Å². The van der Waals surface area contributed by atoms with Gasteiger partial charge in [0.1, 0.15) is 5.75 Å². The Morgan fingerprint density at radius 3 is 2.96 bits per heavy atom. The number of nitrogens with zero attached hydrogens (tertiary/aromatic N) is 1. The van der Waals surface area contributed by atoms with Crippen molar-refractivity contribution >= 4 is 23.5 Å². The van der Waals surface area contributed by atoms with Gasteiger partial charge in [-0.2, -0.15) is 0 Å². The second-order valence-corrected chi connectivity index (χ2v) is 6.15. The van der Waals surface area contributed by atoms with Crippen molar-refractivity contribution in [3.05, 3.63) is 24.3 Å². The highest BCUT2D eigenvalue weighted by Gasteiger charge is 2.25. The first-order valence-corrected chi connectivity index (χ1v) is 8.69. The van der Waals surface area contributed by atoms with Gasteiger partial charge in [0.15, 0.2) is 13.2 Å². The van der Waals surface area contributed by atoms with Crippen LogP contribution < -0.4 is 15.0 Å². The number of esters is 1. The highest BCUT2D eigenvalue weighted by atomic mass is 16.5. The molecule has 2 aliphatic rings. The Balaban J connectivity index is 1.40. The normalized spacial score (nSPS) is 18.8. The average Bonchev–Trinajstić information content (AvgIpc) is 3.17. The van der Waals surface area contributed by atoms with E-state index in [0.717, 1.165) is 19.4 Å². The number of anilines is 1. The van der Waals surface area contributed by atoms with Crippen LogP contribution in [0.1, 0.15) is 19.3 Å². The smallest absolute Gasteiger partial charge is 0.308 e. The molecule has 1 aromatic carbocycles. The summed E-state index contributed by atoms with van der Waals surface area (Å²) >= 11 is 0. The number of para-hydroxylation sites is 2. The Morgan fingerprint density at radius 1 is 1.31 bits per heavy atom. The molecule has 0 bridgehead atoms. The van der Waals surface area contributed by atoms with E-state index >= 15 is 0 Å². The van der Waals surface area contributed by atoms with Crippen LogP contribution in [0.15, 0.2) is 24.3 Å². The Labute approximate surface area is 151 Å². The third kappa shape index (κ3) is 4.72. The Bertz CT molecular complexity index is 671. The molecule has 0 aliphatic carbocycles. The summed E-state index contributed by atoms with van der Waals surface area (Å²) in [6.07, 6.45) is 1.97. The summed E-state index contributed by atoms with van der Waals surface area (Å²) < 4.78 is 15.7. The fourth-order valence-corrected chi connectivity index (χ4v) is 2.90. The number of carbonyl (C=O) groups excluding carboxylic acids is 3. The van der Waals surface area contributed by atoms with Gasteiger partial charge in [0, 0.05) is 19.7 Å². The van der Waals surface area contributed by atoms with E-state index in [1.165, 1.54) is 4.90 Å². The summed E-state index contributed by atoms with van der Waals surface area (Å²) in [5.41, 5.74) is 0.630. The SMILES string of the molecule is O=C(COC(=O)CCN1C(=O)COc2ccccc21)NC[C@@H]1CCCO1. The molecule has 2 aliphatic heterocycles. The van der Waals surface area contributed by atoms with Crippen LogP contribution in [0, 0.1) is 0 Å². The maximum absolute atomic E-state index is 12.0. The van der Waals surface area contributed by atoms with Crippen LogP contribution in [0.2, 0.25) is 0 Å². The molecule has 0 radical (unpaired) electrons. The monoisotopic (exact) mass is 362 g/mol. The Hall–Kier alpha value is -2.61. The van der Waals surface area contributed by atoms with Crippen LogP contribution in [-0.4, -0.2) is 56.8 Å². The van der Waals surface area contributed by atoms with E-state index in [2.05, 4.69) is 5.32 Å². The molecule has 1 atom stereocenters. The van der Waals surface area contributed by atoms with Crippen molar-refractivity contribution in [2.45, 2.75) is 25.4 Å². The fraction of sp³-hybridized carbons (Fsp3) is 0.500. The number of ether oxygens (including phenoxy) is 3. The molecule has 1 fully saturated rings. The second-order valence-electron chi connectivity index (χ2n) is 6.15. The summed E-state index contributed by atoms with van der Waals surface area (Å²) in [5.74, 6) is -0.504. The summed E-state index contributed by atoms with van der Waals surface area (Å²) in [4.78, 5) is 37.1. The van der Waals surface area contributed by atoms with Crippen LogP contribution in [0.4, 0.5) is 5.69 Å². The molecule has 0 spiro atoms. The van der Waals surface area contributed by atoms with E-state index in [-0.39, 0.29) is 44.1 Å². The molecule has 0 unspecified atom stereocenters. The topological polar surface area (TPSA) is 94.2 Å². The number of hydrogen-bond acceptors (Lipinski definition) is 6. The number of carbonyl (C=O) groups is 3. The van der Waals surface area contributed by atoms with Gasteiger partial charge in [-0.25, -0.2) is 0 Å². The lowest BCUT2D eigenvalue weighted by Crippen LogP contribution is -2.40. The zero-order chi connectivity index (χ0) is 18.4. The number of hydrogen-bond donors (Lipinski definition) is 1. The molecule has 1 saturated heterocycles. The van der Waals surface area contributed by atoms with Crippen molar-refractivity contribution in [2.75, 3.05) is 37.8 Å². The van der Waals surface area contributed by atoms with E-state index in [4.69, 9.17) is 14.2 Å². The number of amides is 2. The zero-order valence-corrected chi connectivity index (χ0v) is 14.4. The van der Waals surface area contributed by atoms with Gasteiger partial charge >= 0.3 is 5.97 Å². The second kappa shape index (κ2) is 8.66. The van der Waals surface area contributed by atoms with Crippen molar-refractivity contribution in [3.8, 4) is 5.75 Å². The van der Waals surface area contributed by atoms with Crippen molar-refractivity contribution < 1.29 is 28.6 Å². The van der Waals surface area contributed by atoms with Crippen LogP contribution in [0.25, 0.3) is 0 Å². The fourth-order valence-electron chi connectivity index (χ4n) is 2.90. The number of fused-ring (bicyclic) bond motifs is 1. The predicted molar refractivity (Wildman–Crippen MR) is 91.8 cm³/mol. The molecule has 140 valence electrons. The third-order valence-electron chi connectivity index (χ3n) is 4.26. The average molecular weight is 362 g/mol. The minimum Gasteiger partial charge on any atom is -0.482 e. The van der Waals surface area contributed by atoms with Gasteiger partial charge in [0.05, 0.1) is 18.2 Å². The minimum atomic E-state index is -0.533. The quantitative estimate of drug-likeness (QED) is 0.716. The van der Waals surface area contributed by atoms with Crippen molar-refractivity contribution in [3.63, 3.8) is 0 Å². The zero-order valence-electron chi connectivity index (χ0n) is 14.4. The van der Waals surface area contributed by atoms with Gasteiger partial charge in [-0.1, -0.05) is 12.1 Å². The first-order chi connectivity index (χ1) is 12.6. The van der Waals surface area contributed by atoms with E-state index in [1.54, 1.807) is 18.2 Å². The molecule has 0 saturated carbocycles. The Morgan fingerprint density at radius 2 is 2.15 bits per heavy atom. The third-order valence-corrected chi connectivity index (χ3v) is 4.26. The lowest BCUT2D eigenvalue weighted by molar-refractivity contribution is -0.148.